The number of rotatable bonds is 4. The standard InChI is InChI=1S/C22H16FN3O/c23-17-12-10-15(11-13-17)14-20-21(25-19-9-5-4-8-18(19)24-20)26-22(27)16-6-2-1-3-7-16/h1-13H,14H2,(H,25,26,27). The highest BCUT2D eigenvalue weighted by Gasteiger charge is 2.14. The zero-order valence-corrected chi connectivity index (χ0v) is 14.4. The fourth-order valence-corrected chi connectivity index (χ4v) is 2.82. The second kappa shape index (κ2) is 7.33. The molecule has 4 rings (SSSR count). The van der Waals surface area contributed by atoms with Gasteiger partial charge in [-0.3, -0.25) is 4.79 Å². The summed E-state index contributed by atoms with van der Waals surface area (Å²) in [5.41, 5.74) is 3.50. The van der Waals surface area contributed by atoms with Gasteiger partial charge in [-0.2, -0.15) is 0 Å². The van der Waals surface area contributed by atoms with E-state index in [0.717, 1.165) is 11.1 Å². The van der Waals surface area contributed by atoms with Crippen LogP contribution in [0, 0.1) is 5.82 Å². The minimum atomic E-state index is -0.291. The monoisotopic (exact) mass is 357 g/mol. The van der Waals surface area contributed by atoms with Gasteiger partial charge < -0.3 is 5.32 Å². The number of halogens is 1. The van der Waals surface area contributed by atoms with Crippen LogP contribution >= 0.6 is 0 Å². The second-order valence-electron chi connectivity index (χ2n) is 6.13. The van der Waals surface area contributed by atoms with Gasteiger partial charge in [-0.05, 0) is 42.0 Å². The van der Waals surface area contributed by atoms with Gasteiger partial charge >= 0.3 is 0 Å². The molecule has 0 fully saturated rings. The zero-order valence-electron chi connectivity index (χ0n) is 14.4. The van der Waals surface area contributed by atoms with E-state index in [-0.39, 0.29) is 11.7 Å². The Hall–Kier alpha value is -3.60. The maximum atomic E-state index is 13.2. The van der Waals surface area contributed by atoms with E-state index in [2.05, 4.69) is 15.3 Å². The molecule has 0 atom stereocenters. The third-order valence-electron chi connectivity index (χ3n) is 4.20. The number of fused-ring (bicyclic) bond motifs is 1. The van der Waals surface area contributed by atoms with Crippen LogP contribution in [0.1, 0.15) is 21.6 Å². The summed E-state index contributed by atoms with van der Waals surface area (Å²) in [5.74, 6) is -0.131. The van der Waals surface area contributed by atoms with Crippen molar-refractivity contribution in [1.29, 1.82) is 0 Å². The summed E-state index contributed by atoms with van der Waals surface area (Å²) in [5, 5.41) is 2.86. The molecule has 0 aliphatic carbocycles. The van der Waals surface area contributed by atoms with Crippen LogP contribution < -0.4 is 5.32 Å². The Morgan fingerprint density at radius 3 is 2.15 bits per heavy atom. The van der Waals surface area contributed by atoms with Gasteiger partial charge in [0.1, 0.15) is 5.82 Å². The molecule has 0 spiro atoms. The van der Waals surface area contributed by atoms with Crippen molar-refractivity contribution in [1.82, 2.24) is 9.97 Å². The first-order valence-electron chi connectivity index (χ1n) is 8.55. The van der Waals surface area contributed by atoms with Crippen LogP contribution in [0.3, 0.4) is 0 Å². The highest BCUT2D eigenvalue weighted by Crippen LogP contribution is 2.21. The van der Waals surface area contributed by atoms with Crippen LogP contribution in [0.25, 0.3) is 11.0 Å². The molecule has 0 saturated carbocycles. The van der Waals surface area contributed by atoms with Gasteiger partial charge in [0.05, 0.1) is 16.7 Å². The number of nitrogens with zero attached hydrogens (tertiary/aromatic N) is 2. The zero-order chi connectivity index (χ0) is 18.6. The number of para-hydroxylation sites is 2. The van der Waals surface area contributed by atoms with E-state index in [1.807, 2.05) is 30.3 Å². The number of carbonyl (C=O) groups is 1. The van der Waals surface area contributed by atoms with Crippen LogP contribution in [-0.2, 0) is 6.42 Å². The topological polar surface area (TPSA) is 54.9 Å². The molecule has 0 aliphatic rings. The molecular weight excluding hydrogens is 341 g/mol. The predicted molar refractivity (Wildman–Crippen MR) is 103 cm³/mol. The first kappa shape index (κ1) is 16.8. The number of anilines is 1. The van der Waals surface area contributed by atoms with Crippen LogP contribution in [0.5, 0.6) is 0 Å². The normalized spacial score (nSPS) is 10.7. The van der Waals surface area contributed by atoms with Gasteiger partial charge in [-0.25, -0.2) is 14.4 Å². The van der Waals surface area contributed by atoms with E-state index in [1.165, 1.54) is 12.1 Å². The minimum Gasteiger partial charge on any atom is -0.305 e. The van der Waals surface area contributed by atoms with Gasteiger partial charge in [-0.15, -0.1) is 0 Å². The summed E-state index contributed by atoms with van der Waals surface area (Å²) in [4.78, 5) is 21.8. The first-order chi connectivity index (χ1) is 13.2. The molecule has 3 aromatic carbocycles. The van der Waals surface area contributed by atoms with E-state index >= 15 is 0 Å². The lowest BCUT2D eigenvalue weighted by atomic mass is 10.1. The molecule has 27 heavy (non-hydrogen) atoms. The molecule has 0 bridgehead atoms. The second-order valence-corrected chi connectivity index (χ2v) is 6.13. The number of hydrogen-bond donors (Lipinski definition) is 1. The molecule has 1 aromatic heterocycles. The predicted octanol–water partition coefficient (Wildman–Crippen LogP) is 4.61. The summed E-state index contributed by atoms with van der Waals surface area (Å²) >= 11 is 0. The Labute approximate surface area is 155 Å². The third kappa shape index (κ3) is 3.82. The summed E-state index contributed by atoms with van der Waals surface area (Å²) in [6, 6.07) is 22.7. The van der Waals surface area contributed by atoms with E-state index < -0.39 is 0 Å². The van der Waals surface area contributed by atoms with Crippen molar-refractivity contribution >= 4 is 22.8 Å². The molecule has 0 saturated heterocycles. The third-order valence-corrected chi connectivity index (χ3v) is 4.20. The maximum Gasteiger partial charge on any atom is 0.256 e. The lowest BCUT2D eigenvalue weighted by Crippen LogP contribution is -2.15. The summed E-state index contributed by atoms with van der Waals surface area (Å²) in [6.45, 7) is 0. The van der Waals surface area contributed by atoms with Gasteiger partial charge in [0.25, 0.3) is 5.91 Å². The Balaban J connectivity index is 1.72. The molecular formula is C22H16FN3O. The molecule has 5 heteroatoms. The number of hydrogen-bond acceptors (Lipinski definition) is 3. The minimum absolute atomic E-state index is 0.250. The molecule has 0 unspecified atom stereocenters. The number of nitrogens with one attached hydrogen (secondary N) is 1. The quantitative estimate of drug-likeness (QED) is 0.580. The number of benzene rings is 3. The summed E-state index contributed by atoms with van der Waals surface area (Å²) in [7, 11) is 0. The Kier molecular flexibility index (Phi) is 4.58. The van der Waals surface area contributed by atoms with Gasteiger partial charge in [0.2, 0.25) is 0 Å². The van der Waals surface area contributed by atoms with E-state index in [0.29, 0.717) is 29.0 Å². The molecule has 1 heterocycles. The lowest BCUT2D eigenvalue weighted by molar-refractivity contribution is 0.102. The average Bonchev–Trinajstić information content (AvgIpc) is 2.70. The van der Waals surface area contributed by atoms with Crippen LogP contribution in [0.15, 0.2) is 78.9 Å². The van der Waals surface area contributed by atoms with Crippen molar-refractivity contribution < 1.29 is 9.18 Å². The largest absolute Gasteiger partial charge is 0.305 e. The highest BCUT2D eigenvalue weighted by atomic mass is 19.1. The van der Waals surface area contributed by atoms with Gasteiger partial charge in [0, 0.05) is 12.0 Å². The van der Waals surface area contributed by atoms with Crippen molar-refractivity contribution in [2.75, 3.05) is 5.32 Å². The van der Waals surface area contributed by atoms with Crippen molar-refractivity contribution in [2.24, 2.45) is 0 Å². The van der Waals surface area contributed by atoms with Crippen molar-refractivity contribution in [3.8, 4) is 0 Å². The van der Waals surface area contributed by atoms with Crippen molar-refractivity contribution in [2.45, 2.75) is 6.42 Å². The molecule has 0 radical (unpaired) electrons. The number of carbonyl (C=O) groups excluding carboxylic acids is 1. The van der Waals surface area contributed by atoms with E-state index in [9.17, 15) is 9.18 Å². The Morgan fingerprint density at radius 1 is 0.815 bits per heavy atom. The van der Waals surface area contributed by atoms with Gasteiger partial charge in [-0.1, -0.05) is 42.5 Å². The average molecular weight is 357 g/mol. The molecule has 4 nitrogen and oxygen atoms in total. The summed E-state index contributed by atoms with van der Waals surface area (Å²) < 4.78 is 13.2. The lowest BCUT2D eigenvalue weighted by Gasteiger charge is -2.11. The van der Waals surface area contributed by atoms with E-state index in [1.54, 1.807) is 36.4 Å². The van der Waals surface area contributed by atoms with Crippen LogP contribution in [0.2, 0.25) is 0 Å². The Morgan fingerprint density at radius 2 is 1.44 bits per heavy atom. The van der Waals surface area contributed by atoms with Crippen molar-refractivity contribution in [3.05, 3.63) is 102 Å². The van der Waals surface area contributed by atoms with E-state index in [4.69, 9.17) is 0 Å². The Bertz CT molecular complexity index is 1100. The fourth-order valence-electron chi connectivity index (χ4n) is 2.82. The fraction of sp³-hybridized carbons (Fsp3) is 0.0455. The number of aromatic nitrogens is 2. The smallest absolute Gasteiger partial charge is 0.256 e. The van der Waals surface area contributed by atoms with Crippen LogP contribution in [-0.4, -0.2) is 15.9 Å². The first-order valence-corrected chi connectivity index (χ1v) is 8.55. The molecule has 0 aliphatic heterocycles. The number of amides is 1. The van der Waals surface area contributed by atoms with Crippen LogP contribution in [0.4, 0.5) is 10.2 Å². The maximum absolute atomic E-state index is 13.2. The SMILES string of the molecule is O=C(Nc1nc2ccccc2nc1Cc1ccc(F)cc1)c1ccccc1. The highest BCUT2D eigenvalue weighted by molar-refractivity contribution is 6.04. The van der Waals surface area contributed by atoms with Gasteiger partial charge in [0.15, 0.2) is 5.82 Å². The molecule has 1 N–H and O–H groups in total. The molecule has 1 amide bonds. The summed E-state index contributed by atoms with van der Waals surface area (Å²) in [6.07, 6.45) is 0.433. The van der Waals surface area contributed by atoms with Crippen molar-refractivity contribution in [3.63, 3.8) is 0 Å². The molecule has 132 valence electrons. The molecule has 4 aromatic rings.